The SMILES string of the molecule is Cc1cccnc1CC(N)c1c(F)cccc1Cl. The van der Waals surface area contributed by atoms with Crippen LogP contribution in [0.25, 0.3) is 0 Å². The van der Waals surface area contributed by atoms with E-state index in [1.807, 2.05) is 19.1 Å². The van der Waals surface area contributed by atoms with Crippen molar-refractivity contribution in [2.24, 2.45) is 5.73 Å². The minimum absolute atomic E-state index is 0.351. The topological polar surface area (TPSA) is 38.9 Å². The third-order valence-electron chi connectivity index (χ3n) is 2.90. The number of pyridine rings is 1. The number of rotatable bonds is 3. The van der Waals surface area contributed by atoms with Crippen molar-refractivity contribution in [1.82, 2.24) is 4.98 Å². The molecule has 0 fully saturated rings. The maximum Gasteiger partial charge on any atom is 0.129 e. The molecule has 0 saturated carbocycles. The Hall–Kier alpha value is -1.45. The molecule has 1 aromatic heterocycles. The highest BCUT2D eigenvalue weighted by atomic mass is 35.5. The average Bonchev–Trinajstić information content (AvgIpc) is 2.32. The van der Waals surface area contributed by atoms with E-state index in [-0.39, 0.29) is 5.82 Å². The lowest BCUT2D eigenvalue weighted by molar-refractivity contribution is 0.577. The van der Waals surface area contributed by atoms with E-state index in [2.05, 4.69) is 4.98 Å². The number of hydrogen-bond acceptors (Lipinski definition) is 2. The Kier molecular flexibility index (Phi) is 3.94. The van der Waals surface area contributed by atoms with Crippen molar-refractivity contribution >= 4 is 11.6 Å². The van der Waals surface area contributed by atoms with Crippen LogP contribution in [0, 0.1) is 12.7 Å². The lowest BCUT2D eigenvalue weighted by atomic mass is 10.00. The molecule has 2 nitrogen and oxygen atoms in total. The first-order valence-electron chi connectivity index (χ1n) is 5.69. The number of nitrogens with zero attached hydrogens (tertiary/aromatic N) is 1. The summed E-state index contributed by atoms with van der Waals surface area (Å²) < 4.78 is 13.7. The first-order chi connectivity index (χ1) is 8.59. The second-order valence-corrected chi connectivity index (χ2v) is 4.62. The van der Waals surface area contributed by atoms with Crippen molar-refractivity contribution in [3.05, 3.63) is 64.2 Å². The molecule has 94 valence electrons. The fourth-order valence-electron chi connectivity index (χ4n) is 1.91. The molecule has 2 N–H and O–H groups in total. The van der Waals surface area contributed by atoms with E-state index in [9.17, 15) is 4.39 Å². The quantitative estimate of drug-likeness (QED) is 0.923. The molecule has 1 unspecified atom stereocenters. The Morgan fingerprint density at radius 2 is 2.11 bits per heavy atom. The molecule has 0 amide bonds. The third-order valence-corrected chi connectivity index (χ3v) is 3.23. The highest BCUT2D eigenvalue weighted by Crippen LogP contribution is 2.26. The first kappa shape index (κ1) is 13.0. The van der Waals surface area contributed by atoms with E-state index in [1.165, 1.54) is 6.07 Å². The van der Waals surface area contributed by atoms with Crippen molar-refractivity contribution in [3.8, 4) is 0 Å². The summed E-state index contributed by atoms with van der Waals surface area (Å²) in [6.07, 6.45) is 2.17. The summed E-state index contributed by atoms with van der Waals surface area (Å²) in [6.45, 7) is 1.96. The molecule has 2 rings (SSSR count). The van der Waals surface area contributed by atoms with Gasteiger partial charge in [0.05, 0.1) is 0 Å². The van der Waals surface area contributed by atoms with Crippen molar-refractivity contribution in [3.63, 3.8) is 0 Å². The molecule has 1 atom stereocenters. The molecule has 0 saturated heterocycles. The predicted octanol–water partition coefficient (Wildman–Crippen LogP) is 3.43. The molecular formula is C14H14ClFN2. The molecule has 0 bridgehead atoms. The molecule has 18 heavy (non-hydrogen) atoms. The molecule has 2 aromatic rings. The van der Waals surface area contributed by atoms with Gasteiger partial charge in [0, 0.05) is 34.9 Å². The van der Waals surface area contributed by atoms with Gasteiger partial charge in [0.2, 0.25) is 0 Å². The van der Waals surface area contributed by atoms with Crippen LogP contribution in [0.3, 0.4) is 0 Å². The van der Waals surface area contributed by atoms with E-state index >= 15 is 0 Å². The predicted molar refractivity (Wildman–Crippen MR) is 71.0 cm³/mol. The molecule has 0 spiro atoms. The molecule has 1 aromatic carbocycles. The van der Waals surface area contributed by atoms with Gasteiger partial charge in [-0.1, -0.05) is 23.7 Å². The van der Waals surface area contributed by atoms with Gasteiger partial charge in [0.25, 0.3) is 0 Å². The van der Waals surface area contributed by atoms with Crippen LogP contribution in [-0.4, -0.2) is 4.98 Å². The summed E-state index contributed by atoms with van der Waals surface area (Å²) in [4.78, 5) is 4.26. The standard InChI is InChI=1S/C14H14ClFN2/c1-9-4-3-7-18-13(9)8-12(17)14-10(15)5-2-6-11(14)16/h2-7,12H,8,17H2,1H3. The second-order valence-electron chi connectivity index (χ2n) is 4.21. The number of aromatic nitrogens is 1. The first-order valence-corrected chi connectivity index (χ1v) is 6.07. The fourth-order valence-corrected chi connectivity index (χ4v) is 2.21. The molecular weight excluding hydrogens is 251 g/mol. The second kappa shape index (κ2) is 5.46. The van der Waals surface area contributed by atoms with Gasteiger partial charge in [-0.3, -0.25) is 4.98 Å². The van der Waals surface area contributed by atoms with E-state index < -0.39 is 6.04 Å². The summed E-state index contributed by atoms with van der Waals surface area (Å²) in [5.74, 6) is -0.372. The van der Waals surface area contributed by atoms with Crippen molar-refractivity contribution in [2.45, 2.75) is 19.4 Å². The van der Waals surface area contributed by atoms with Gasteiger partial charge < -0.3 is 5.73 Å². The normalized spacial score (nSPS) is 12.4. The van der Waals surface area contributed by atoms with E-state index in [0.717, 1.165) is 11.3 Å². The summed E-state index contributed by atoms with van der Waals surface area (Å²) in [6, 6.07) is 7.91. The van der Waals surface area contributed by atoms with Crippen LogP contribution in [0.15, 0.2) is 36.5 Å². The number of aryl methyl sites for hydroxylation is 1. The van der Waals surface area contributed by atoms with Gasteiger partial charge in [0.1, 0.15) is 5.82 Å². The van der Waals surface area contributed by atoms with Gasteiger partial charge in [-0.25, -0.2) is 4.39 Å². The highest BCUT2D eigenvalue weighted by molar-refractivity contribution is 6.31. The summed E-state index contributed by atoms with van der Waals surface area (Å²) in [5.41, 5.74) is 8.29. The molecule has 0 aliphatic rings. The largest absolute Gasteiger partial charge is 0.323 e. The average molecular weight is 265 g/mol. The Balaban J connectivity index is 2.28. The van der Waals surface area contributed by atoms with Gasteiger partial charge in [-0.2, -0.15) is 0 Å². The van der Waals surface area contributed by atoms with Gasteiger partial charge in [0.15, 0.2) is 0 Å². The Bertz CT molecular complexity index is 537. The van der Waals surface area contributed by atoms with Crippen molar-refractivity contribution < 1.29 is 4.39 Å². The molecule has 0 aliphatic carbocycles. The zero-order chi connectivity index (χ0) is 13.1. The van der Waals surface area contributed by atoms with Crippen LogP contribution < -0.4 is 5.73 Å². The van der Waals surface area contributed by atoms with Crippen LogP contribution >= 0.6 is 11.6 Å². The summed E-state index contributed by atoms with van der Waals surface area (Å²) in [7, 11) is 0. The van der Waals surface area contributed by atoms with E-state index in [0.29, 0.717) is 17.0 Å². The van der Waals surface area contributed by atoms with Gasteiger partial charge >= 0.3 is 0 Å². The smallest absolute Gasteiger partial charge is 0.129 e. The molecule has 4 heteroatoms. The highest BCUT2D eigenvalue weighted by Gasteiger charge is 2.16. The van der Waals surface area contributed by atoms with Gasteiger partial charge in [-0.15, -0.1) is 0 Å². The number of halogens is 2. The zero-order valence-corrected chi connectivity index (χ0v) is 10.8. The van der Waals surface area contributed by atoms with Crippen LogP contribution in [-0.2, 0) is 6.42 Å². The number of benzene rings is 1. The number of hydrogen-bond donors (Lipinski definition) is 1. The Labute approximate surface area is 111 Å². The summed E-state index contributed by atoms with van der Waals surface area (Å²) >= 11 is 5.99. The monoisotopic (exact) mass is 264 g/mol. The lowest BCUT2D eigenvalue weighted by Gasteiger charge is -2.15. The lowest BCUT2D eigenvalue weighted by Crippen LogP contribution is -2.17. The van der Waals surface area contributed by atoms with E-state index in [1.54, 1.807) is 18.3 Å². The van der Waals surface area contributed by atoms with E-state index in [4.69, 9.17) is 17.3 Å². The molecule has 0 radical (unpaired) electrons. The third kappa shape index (κ3) is 2.68. The van der Waals surface area contributed by atoms with Crippen LogP contribution in [0.2, 0.25) is 5.02 Å². The van der Waals surface area contributed by atoms with Crippen molar-refractivity contribution in [1.29, 1.82) is 0 Å². The van der Waals surface area contributed by atoms with Crippen molar-refractivity contribution in [2.75, 3.05) is 0 Å². The molecule has 1 heterocycles. The number of nitrogens with two attached hydrogens (primary N) is 1. The maximum atomic E-state index is 13.7. The Morgan fingerprint density at radius 1 is 1.33 bits per heavy atom. The fraction of sp³-hybridized carbons (Fsp3) is 0.214. The van der Waals surface area contributed by atoms with Gasteiger partial charge in [-0.05, 0) is 30.7 Å². The minimum atomic E-state index is -0.493. The zero-order valence-electron chi connectivity index (χ0n) is 10.0. The minimum Gasteiger partial charge on any atom is -0.323 e. The Morgan fingerprint density at radius 3 is 2.78 bits per heavy atom. The summed E-state index contributed by atoms with van der Waals surface area (Å²) in [5, 5.41) is 0.357. The molecule has 0 aliphatic heterocycles. The van der Waals surface area contributed by atoms with Crippen LogP contribution in [0.5, 0.6) is 0 Å². The van der Waals surface area contributed by atoms with Crippen LogP contribution in [0.1, 0.15) is 22.9 Å². The maximum absolute atomic E-state index is 13.7. The van der Waals surface area contributed by atoms with Crippen LogP contribution in [0.4, 0.5) is 4.39 Å².